The Morgan fingerprint density at radius 1 is 1.19 bits per heavy atom. The van der Waals surface area contributed by atoms with E-state index < -0.39 is 0 Å². The molecule has 0 bridgehead atoms. The Morgan fingerprint density at radius 3 is 2.29 bits per heavy atom. The van der Waals surface area contributed by atoms with Crippen molar-refractivity contribution >= 4 is 11.6 Å². The van der Waals surface area contributed by atoms with Gasteiger partial charge in [-0.15, -0.1) is 0 Å². The summed E-state index contributed by atoms with van der Waals surface area (Å²) >= 11 is 0. The quantitative estimate of drug-likeness (QED) is 0.907. The smallest absolute Gasteiger partial charge is 0.227 e. The van der Waals surface area contributed by atoms with Gasteiger partial charge in [-0.1, -0.05) is 6.92 Å². The predicted molar refractivity (Wildman–Crippen MR) is 80.9 cm³/mol. The SMILES string of the molecule is COc1cc(NC(=O)C(C)C2CCOCC2)cc(OC)c1. The molecule has 1 aromatic rings. The van der Waals surface area contributed by atoms with Crippen molar-refractivity contribution in [3.8, 4) is 11.5 Å². The van der Waals surface area contributed by atoms with Gasteiger partial charge in [-0.3, -0.25) is 4.79 Å². The van der Waals surface area contributed by atoms with Crippen LogP contribution in [-0.2, 0) is 9.53 Å². The highest BCUT2D eigenvalue weighted by molar-refractivity contribution is 5.93. The maximum Gasteiger partial charge on any atom is 0.227 e. The fourth-order valence-electron chi connectivity index (χ4n) is 2.57. The molecular weight excluding hydrogens is 270 g/mol. The van der Waals surface area contributed by atoms with E-state index in [0.717, 1.165) is 26.1 Å². The Morgan fingerprint density at radius 2 is 1.76 bits per heavy atom. The number of methoxy groups -OCH3 is 2. The van der Waals surface area contributed by atoms with E-state index in [1.807, 2.05) is 6.92 Å². The molecule has 1 saturated heterocycles. The Kier molecular flexibility index (Phi) is 5.44. The molecule has 1 N–H and O–H groups in total. The Hall–Kier alpha value is -1.75. The molecule has 1 amide bonds. The molecular formula is C16H23NO4. The van der Waals surface area contributed by atoms with Crippen molar-refractivity contribution in [2.24, 2.45) is 11.8 Å². The van der Waals surface area contributed by atoms with Crippen LogP contribution in [0.15, 0.2) is 18.2 Å². The topological polar surface area (TPSA) is 56.8 Å². The summed E-state index contributed by atoms with van der Waals surface area (Å²) in [6.07, 6.45) is 1.88. The van der Waals surface area contributed by atoms with Gasteiger partial charge in [0.2, 0.25) is 5.91 Å². The molecule has 2 rings (SSSR count). The molecule has 1 unspecified atom stereocenters. The lowest BCUT2D eigenvalue weighted by atomic mass is 9.87. The van der Waals surface area contributed by atoms with Gasteiger partial charge in [0, 0.05) is 43.0 Å². The van der Waals surface area contributed by atoms with Crippen molar-refractivity contribution in [1.82, 2.24) is 0 Å². The normalized spacial score (nSPS) is 17.1. The van der Waals surface area contributed by atoms with Crippen LogP contribution in [0, 0.1) is 11.8 Å². The summed E-state index contributed by atoms with van der Waals surface area (Å²) in [5.74, 6) is 1.68. The van der Waals surface area contributed by atoms with Crippen LogP contribution < -0.4 is 14.8 Å². The molecule has 1 fully saturated rings. The number of rotatable bonds is 5. The standard InChI is InChI=1S/C16H23NO4/c1-11(12-4-6-21-7-5-12)16(18)17-13-8-14(19-2)10-15(9-13)20-3/h8-12H,4-7H2,1-3H3,(H,17,18). The molecule has 0 spiro atoms. The van der Waals surface area contributed by atoms with Crippen LogP contribution in [0.1, 0.15) is 19.8 Å². The van der Waals surface area contributed by atoms with E-state index in [1.165, 1.54) is 0 Å². The van der Waals surface area contributed by atoms with Crippen molar-refractivity contribution in [1.29, 1.82) is 0 Å². The molecule has 5 heteroatoms. The van der Waals surface area contributed by atoms with Crippen LogP contribution in [0.3, 0.4) is 0 Å². The van der Waals surface area contributed by atoms with E-state index in [1.54, 1.807) is 32.4 Å². The molecule has 5 nitrogen and oxygen atoms in total. The van der Waals surface area contributed by atoms with E-state index >= 15 is 0 Å². The number of hydrogen-bond acceptors (Lipinski definition) is 4. The van der Waals surface area contributed by atoms with Crippen LogP contribution >= 0.6 is 0 Å². The van der Waals surface area contributed by atoms with Gasteiger partial charge in [0.25, 0.3) is 0 Å². The summed E-state index contributed by atoms with van der Waals surface area (Å²) in [7, 11) is 3.18. The highest BCUT2D eigenvalue weighted by Gasteiger charge is 2.26. The average Bonchev–Trinajstić information content (AvgIpc) is 2.54. The summed E-state index contributed by atoms with van der Waals surface area (Å²) in [6.45, 7) is 3.47. The van der Waals surface area contributed by atoms with Gasteiger partial charge < -0.3 is 19.5 Å². The van der Waals surface area contributed by atoms with Gasteiger partial charge in [0.05, 0.1) is 14.2 Å². The van der Waals surface area contributed by atoms with Crippen molar-refractivity contribution in [3.05, 3.63) is 18.2 Å². The van der Waals surface area contributed by atoms with Crippen LogP contribution in [0.5, 0.6) is 11.5 Å². The molecule has 1 heterocycles. The third kappa shape index (κ3) is 4.11. The zero-order valence-electron chi connectivity index (χ0n) is 12.8. The first-order valence-electron chi connectivity index (χ1n) is 7.25. The number of nitrogens with one attached hydrogen (secondary N) is 1. The summed E-state index contributed by atoms with van der Waals surface area (Å²) in [4.78, 5) is 12.4. The van der Waals surface area contributed by atoms with Crippen LogP contribution in [0.25, 0.3) is 0 Å². The lowest BCUT2D eigenvalue weighted by Crippen LogP contribution is -2.30. The van der Waals surface area contributed by atoms with Gasteiger partial charge in [-0.05, 0) is 18.8 Å². The van der Waals surface area contributed by atoms with Gasteiger partial charge in [0.15, 0.2) is 0 Å². The van der Waals surface area contributed by atoms with Gasteiger partial charge >= 0.3 is 0 Å². The molecule has 0 radical (unpaired) electrons. The minimum atomic E-state index is -0.0360. The Bertz CT molecular complexity index is 461. The molecule has 116 valence electrons. The van der Waals surface area contributed by atoms with E-state index in [4.69, 9.17) is 14.2 Å². The average molecular weight is 293 g/mol. The first-order valence-corrected chi connectivity index (χ1v) is 7.25. The van der Waals surface area contributed by atoms with Crippen LogP contribution in [0.4, 0.5) is 5.69 Å². The Balaban J connectivity index is 2.04. The van der Waals surface area contributed by atoms with Crippen molar-refractivity contribution < 1.29 is 19.0 Å². The van der Waals surface area contributed by atoms with Crippen molar-refractivity contribution in [3.63, 3.8) is 0 Å². The largest absolute Gasteiger partial charge is 0.497 e. The summed E-state index contributed by atoms with van der Waals surface area (Å²) in [6, 6.07) is 5.35. The summed E-state index contributed by atoms with van der Waals surface area (Å²) < 4.78 is 15.8. The van der Waals surface area contributed by atoms with Gasteiger partial charge in [-0.25, -0.2) is 0 Å². The first kappa shape index (κ1) is 15.6. The molecule has 0 aromatic heterocycles. The number of amides is 1. The molecule has 1 aliphatic heterocycles. The highest BCUT2D eigenvalue weighted by atomic mass is 16.5. The first-order chi connectivity index (χ1) is 10.1. The fourth-order valence-corrected chi connectivity index (χ4v) is 2.57. The molecule has 0 aliphatic carbocycles. The molecule has 21 heavy (non-hydrogen) atoms. The minimum Gasteiger partial charge on any atom is -0.497 e. The Labute approximate surface area is 125 Å². The maximum absolute atomic E-state index is 12.4. The fraction of sp³-hybridized carbons (Fsp3) is 0.562. The summed E-state index contributed by atoms with van der Waals surface area (Å²) in [5, 5.41) is 2.95. The minimum absolute atomic E-state index is 0.0252. The van der Waals surface area contributed by atoms with Crippen molar-refractivity contribution in [2.75, 3.05) is 32.8 Å². The molecule has 1 aromatic carbocycles. The van der Waals surface area contributed by atoms with E-state index in [2.05, 4.69) is 5.32 Å². The second-order valence-corrected chi connectivity index (χ2v) is 5.33. The lowest BCUT2D eigenvalue weighted by Gasteiger charge is -2.27. The monoisotopic (exact) mass is 293 g/mol. The zero-order valence-corrected chi connectivity index (χ0v) is 12.8. The molecule has 0 saturated carbocycles. The highest BCUT2D eigenvalue weighted by Crippen LogP contribution is 2.28. The molecule has 1 atom stereocenters. The van der Waals surface area contributed by atoms with E-state index in [-0.39, 0.29) is 11.8 Å². The number of anilines is 1. The zero-order chi connectivity index (χ0) is 15.2. The van der Waals surface area contributed by atoms with E-state index in [9.17, 15) is 4.79 Å². The van der Waals surface area contributed by atoms with Crippen molar-refractivity contribution in [2.45, 2.75) is 19.8 Å². The second-order valence-electron chi connectivity index (χ2n) is 5.33. The second kappa shape index (κ2) is 7.31. The number of benzene rings is 1. The number of carbonyl (C=O) groups is 1. The lowest BCUT2D eigenvalue weighted by molar-refractivity contribution is -0.122. The number of hydrogen-bond donors (Lipinski definition) is 1. The predicted octanol–water partition coefficient (Wildman–Crippen LogP) is 2.71. The molecule has 1 aliphatic rings. The van der Waals surface area contributed by atoms with Gasteiger partial charge in [-0.2, -0.15) is 0 Å². The third-order valence-electron chi connectivity index (χ3n) is 4.01. The van der Waals surface area contributed by atoms with Gasteiger partial charge in [0.1, 0.15) is 11.5 Å². The van der Waals surface area contributed by atoms with Crippen LogP contribution in [-0.4, -0.2) is 33.3 Å². The number of carbonyl (C=O) groups excluding carboxylic acids is 1. The van der Waals surface area contributed by atoms with Crippen LogP contribution in [0.2, 0.25) is 0 Å². The summed E-state index contributed by atoms with van der Waals surface area (Å²) in [5.41, 5.74) is 0.690. The third-order valence-corrected chi connectivity index (χ3v) is 4.01. The number of ether oxygens (including phenoxy) is 3. The van der Waals surface area contributed by atoms with E-state index in [0.29, 0.717) is 23.1 Å². The maximum atomic E-state index is 12.4.